The van der Waals surface area contributed by atoms with Crippen molar-refractivity contribution in [3.63, 3.8) is 0 Å². The Bertz CT molecular complexity index is 1050. The van der Waals surface area contributed by atoms with E-state index in [2.05, 4.69) is 10.6 Å². The van der Waals surface area contributed by atoms with E-state index in [1.165, 1.54) is 6.07 Å². The van der Waals surface area contributed by atoms with E-state index in [0.29, 0.717) is 62.1 Å². The minimum Gasteiger partial charge on any atom is -0.465 e. The minimum atomic E-state index is -1.48. The van der Waals surface area contributed by atoms with Crippen molar-refractivity contribution in [2.45, 2.75) is 44.6 Å². The van der Waals surface area contributed by atoms with E-state index < -0.39 is 17.5 Å². The maximum atomic E-state index is 15.4. The molecule has 2 atom stereocenters. The first-order valence-corrected chi connectivity index (χ1v) is 12.6. The molecule has 1 saturated heterocycles. The van der Waals surface area contributed by atoms with Crippen molar-refractivity contribution in [2.75, 3.05) is 32.7 Å². The molecule has 2 aromatic rings. The summed E-state index contributed by atoms with van der Waals surface area (Å²) >= 11 is 0. The average molecular weight is 501 g/mol. The number of carbonyl (C=O) groups excluding carboxylic acids is 1. The summed E-state index contributed by atoms with van der Waals surface area (Å²) in [6.45, 7) is 3.71. The van der Waals surface area contributed by atoms with Gasteiger partial charge in [-0.15, -0.1) is 0 Å². The first-order valence-electron chi connectivity index (χ1n) is 12.6. The van der Waals surface area contributed by atoms with Crippen LogP contribution < -0.4 is 16.4 Å². The molecule has 1 aliphatic heterocycles. The van der Waals surface area contributed by atoms with Crippen LogP contribution in [0.25, 0.3) is 11.1 Å². The number of nitrogens with two attached hydrogens (primary N) is 1. The number of likely N-dealkylation sites (tertiary alicyclic amines) is 1. The first kappa shape index (κ1) is 27.4. The van der Waals surface area contributed by atoms with Crippen molar-refractivity contribution >= 4 is 12.1 Å². The molecule has 3 rings (SSSR count). The number of benzene rings is 2. The summed E-state index contributed by atoms with van der Waals surface area (Å²) in [7, 11) is 0. The molecule has 8 nitrogen and oxygen atoms in total. The summed E-state index contributed by atoms with van der Waals surface area (Å²) in [5.74, 6) is -0.800. The van der Waals surface area contributed by atoms with Crippen LogP contribution in [0, 0.1) is 11.7 Å². The van der Waals surface area contributed by atoms with Gasteiger partial charge in [0.15, 0.2) is 0 Å². The monoisotopic (exact) mass is 500 g/mol. The fourth-order valence-corrected chi connectivity index (χ4v) is 5.08. The zero-order valence-corrected chi connectivity index (χ0v) is 20.8. The molecule has 1 aliphatic rings. The van der Waals surface area contributed by atoms with Gasteiger partial charge in [0.05, 0.1) is 5.60 Å². The van der Waals surface area contributed by atoms with Crippen LogP contribution in [0.5, 0.6) is 0 Å². The van der Waals surface area contributed by atoms with Gasteiger partial charge < -0.3 is 31.5 Å². The van der Waals surface area contributed by atoms with E-state index in [1.54, 1.807) is 17.0 Å². The molecule has 196 valence electrons. The second-order valence-corrected chi connectivity index (χ2v) is 9.28. The molecule has 0 saturated carbocycles. The van der Waals surface area contributed by atoms with Crippen molar-refractivity contribution in [1.29, 1.82) is 0 Å². The molecule has 0 spiro atoms. The second-order valence-electron chi connectivity index (χ2n) is 9.28. The van der Waals surface area contributed by atoms with E-state index >= 15 is 4.39 Å². The number of piperidine rings is 1. The first-order chi connectivity index (χ1) is 17.3. The van der Waals surface area contributed by atoms with Gasteiger partial charge in [0.2, 0.25) is 0 Å². The fraction of sp³-hybridized carbons (Fsp3) is 0.481. The van der Waals surface area contributed by atoms with Crippen molar-refractivity contribution in [3.05, 3.63) is 59.4 Å². The fourth-order valence-electron chi connectivity index (χ4n) is 5.08. The molecular weight excluding hydrogens is 463 g/mol. The van der Waals surface area contributed by atoms with Crippen molar-refractivity contribution < 1.29 is 24.2 Å². The number of aliphatic hydroxyl groups is 1. The van der Waals surface area contributed by atoms with E-state index in [-0.39, 0.29) is 24.9 Å². The van der Waals surface area contributed by atoms with Crippen LogP contribution in [0.1, 0.15) is 43.7 Å². The lowest BCUT2D eigenvalue weighted by Crippen LogP contribution is -2.51. The van der Waals surface area contributed by atoms with Crippen LogP contribution in [-0.4, -0.2) is 60.0 Å². The normalized spacial score (nSPS) is 17.3. The van der Waals surface area contributed by atoms with Crippen molar-refractivity contribution in [1.82, 2.24) is 15.5 Å². The standard InChI is InChI=1S/C27H37FN4O4/c1-2-19-7-3-8-20(17-19)24-22(10-4-11-23(24)28)27(36,12-6-14-31-26(34)35)21-9-5-16-32(18-21)25(33)30-15-13-29/h3-4,7-8,10-11,17,21,31,36H,2,5-6,9,12-16,18,29H2,1H3,(H,30,33)(H,34,35). The third-order valence-electron chi connectivity index (χ3n) is 6.92. The summed E-state index contributed by atoms with van der Waals surface area (Å²) in [5, 5.41) is 26.4. The topological polar surface area (TPSA) is 128 Å². The van der Waals surface area contributed by atoms with Gasteiger partial charge >= 0.3 is 12.1 Å². The van der Waals surface area contributed by atoms with E-state index in [1.807, 2.05) is 31.2 Å². The van der Waals surface area contributed by atoms with Gasteiger partial charge in [0, 0.05) is 44.2 Å². The van der Waals surface area contributed by atoms with Crippen molar-refractivity contribution in [2.24, 2.45) is 11.7 Å². The minimum absolute atomic E-state index is 0.154. The number of nitrogens with one attached hydrogen (secondary N) is 2. The lowest BCUT2D eigenvalue weighted by Gasteiger charge is -2.43. The molecule has 3 amide bonds. The van der Waals surface area contributed by atoms with Crippen LogP contribution >= 0.6 is 0 Å². The third kappa shape index (κ3) is 6.53. The average Bonchev–Trinajstić information content (AvgIpc) is 2.89. The Morgan fingerprint density at radius 2 is 1.97 bits per heavy atom. The number of hydrogen-bond acceptors (Lipinski definition) is 4. The van der Waals surface area contributed by atoms with Gasteiger partial charge in [0.25, 0.3) is 0 Å². The highest BCUT2D eigenvalue weighted by Crippen LogP contribution is 2.44. The molecule has 0 aromatic heterocycles. The summed E-state index contributed by atoms with van der Waals surface area (Å²) < 4.78 is 15.4. The maximum Gasteiger partial charge on any atom is 0.404 e. The Balaban J connectivity index is 2.02. The molecule has 6 N–H and O–H groups in total. The Kier molecular flexibility index (Phi) is 9.66. The molecule has 2 aromatic carbocycles. The molecule has 9 heteroatoms. The van der Waals surface area contributed by atoms with E-state index in [4.69, 9.17) is 10.8 Å². The second kappa shape index (κ2) is 12.7. The Hall–Kier alpha value is -3.17. The van der Waals surface area contributed by atoms with Gasteiger partial charge in [-0.1, -0.05) is 43.3 Å². The predicted molar refractivity (Wildman–Crippen MR) is 137 cm³/mol. The quantitative estimate of drug-likeness (QED) is 0.318. The smallest absolute Gasteiger partial charge is 0.404 e. The Morgan fingerprint density at radius 3 is 2.69 bits per heavy atom. The van der Waals surface area contributed by atoms with E-state index in [9.17, 15) is 14.7 Å². The van der Waals surface area contributed by atoms with E-state index in [0.717, 1.165) is 12.0 Å². The van der Waals surface area contributed by atoms with Crippen LogP contribution in [0.15, 0.2) is 42.5 Å². The number of carbonyl (C=O) groups is 2. The molecule has 1 fully saturated rings. The van der Waals surface area contributed by atoms with Crippen LogP contribution in [-0.2, 0) is 12.0 Å². The molecular formula is C27H37FN4O4. The van der Waals surface area contributed by atoms with Crippen LogP contribution in [0.4, 0.5) is 14.0 Å². The number of amides is 3. The van der Waals surface area contributed by atoms with Gasteiger partial charge in [-0.05, 0) is 54.9 Å². The number of rotatable bonds is 10. The van der Waals surface area contributed by atoms with Gasteiger partial charge in [0.1, 0.15) is 5.82 Å². The summed E-state index contributed by atoms with van der Waals surface area (Å²) in [6.07, 6.45) is 1.55. The van der Waals surface area contributed by atoms with Crippen molar-refractivity contribution in [3.8, 4) is 11.1 Å². The highest BCUT2D eigenvalue weighted by atomic mass is 19.1. The summed E-state index contributed by atoms with van der Waals surface area (Å²) in [5.41, 5.74) is 6.57. The predicted octanol–water partition coefficient (Wildman–Crippen LogP) is 3.67. The van der Waals surface area contributed by atoms with Gasteiger partial charge in [-0.2, -0.15) is 0 Å². The number of carboxylic acid groups (broad SMARTS) is 1. The molecule has 1 heterocycles. The Labute approximate surface area is 211 Å². The number of halogens is 1. The number of aryl methyl sites for hydroxylation is 1. The maximum absolute atomic E-state index is 15.4. The molecule has 0 aliphatic carbocycles. The lowest BCUT2D eigenvalue weighted by molar-refractivity contribution is -0.0548. The van der Waals surface area contributed by atoms with Crippen LogP contribution in [0.3, 0.4) is 0 Å². The summed E-state index contributed by atoms with van der Waals surface area (Å²) in [6, 6.07) is 12.1. The SMILES string of the molecule is CCc1cccc(-c2c(F)cccc2C(O)(CCCNC(=O)O)C2CCCN(C(=O)NCCN)C2)c1. The number of nitrogens with zero attached hydrogens (tertiary/aromatic N) is 1. The molecule has 0 radical (unpaired) electrons. The third-order valence-corrected chi connectivity index (χ3v) is 6.92. The van der Waals surface area contributed by atoms with Gasteiger partial charge in [-0.25, -0.2) is 14.0 Å². The summed E-state index contributed by atoms with van der Waals surface area (Å²) in [4.78, 5) is 25.3. The van der Waals surface area contributed by atoms with Crippen LogP contribution in [0.2, 0.25) is 0 Å². The van der Waals surface area contributed by atoms with Gasteiger partial charge in [-0.3, -0.25) is 0 Å². The number of hydrogen-bond donors (Lipinski definition) is 5. The molecule has 0 bridgehead atoms. The largest absolute Gasteiger partial charge is 0.465 e. The highest BCUT2D eigenvalue weighted by molar-refractivity contribution is 5.74. The zero-order chi connectivity index (χ0) is 26.1. The molecule has 2 unspecified atom stereocenters. The molecule has 36 heavy (non-hydrogen) atoms. The lowest BCUT2D eigenvalue weighted by atomic mass is 9.72. The highest BCUT2D eigenvalue weighted by Gasteiger charge is 2.43. The Morgan fingerprint density at radius 1 is 1.19 bits per heavy atom. The zero-order valence-electron chi connectivity index (χ0n) is 20.8. The number of urea groups is 1.